The molecule has 76 valence electrons. The lowest BCUT2D eigenvalue weighted by Gasteiger charge is -2.01. The molecule has 15 heavy (non-hydrogen) atoms. The van der Waals surface area contributed by atoms with Crippen molar-refractivity contribution in [3.63, 3.8) is 0 Å². The summed E-state index contributed by atoms with van der Waals surface area (Å²) in [6.45, 7) is 0.682. The fourth-order valence-corrected chi connectivity index (χ4v) is 1.44. The van der Waals surface area contributed by atoms with Crippen LogP contribution in [0.25, 0.3) is 11.4 Å². The third-order valence-corrected chi connectivity index (χ3v) is 2.21. The quantitative estimate of drug-likeness (QED) is 0.817. The highest BCUT2D eigenvalue weighted by Crippen LogP contribution is 2.14. The van der Waals surface area contributed by atoms with Crippen LogP contribution in [0.2, 0.25) is 0 Å². The lowest BCUT2D eigenvalue weighted by molar-refractivity contribution is 0.969. The zero-order chi connectivity index (χ0) is 10.5. The summed E-state index contributed by atoms with van der Waals surface area (Å²) in [6.07, 6.45) is 4.40. The molecule has 3 heteroatoms. The molecule has 0 aliphatic carbocycles. The summed E-state index contributed by atoms with van der Waals surface area (Å²) < 4.78 is 0. The summed E-state index contributed by atoms with van der Waals surface area (Å²) >= 11 is 0. The molecule has 1 heterocycles. The van der Waals surface area contributed by atoms with E-state index in [0.717, 1.165) is 17.8 Å². The summed E-state index contributed by atoms with van der Waals surface area (Å²) in [6, 6.07) is 10.0. The monoisotopic (exact) mass is 199 g/mol. The van der Waals surface area contributed by atoms with Crippen LogP contribution >= 0.6 is 0 Å². The highest BCUT2D eigenvalue weighted by Gasteiger charge is 1.98. The summed E-state index contributed by atoms with van der Waals surface area (Å²) in [5.41, 5.74) is 7.77. The van der Waals surface area contributed by atoms with Crippen LogP contribution in [0.15, 0.2) is 42.7 Å². The highest BCUT2D eigenvalue weighted by molar-refractivity contribution is 5.54. The third-order valence-electron chi connectivity index (χ3n) is 2.21. The van der Waals surface area contributed by atoms with Gasteiger partial charge in [0.15, 0.2) is 5.82 Å². The van der Waals surface area contributed by atoms with Crippen LogP contribution in [-0.4, -0.2) is 16.5 Å². The van der Waals surface area contributed by atoms with Crippen molar-refractivity contribution < 1.29 is 0 Å². The topological polar surface area (TPSA) is 51.8 Å². The van der Waals surface area contributed by atoms with E-state index in [1.807, 2.05) is 18.2 Å². The molecule has 0 amide bonds. The number of hydrogen-bond donors (Lipinski definition) is 1. The molecule has 0 aliphatic heterocycles. The summed E-state index contributed by atoms with van der Waals surface area (Å²) in [5, 5.41) is 0. The average molecular weight is 199 g/mol. The minimum atomic E-state index is 0.682. The van der Waals surface area contributed by atoms with Gasteiger partial charge in [-0.2, -0.15) is 0 Å². The van der Waals surface area contributed by atoms with Crippen molar-refractivity contribution >= 4 is 0 Å². The van der Waals surface area contributed by atoms with Crippen LogP contribution in [0.4, 0.5) is 0 Å². The Morgan fingerprint density at radius 1 is 1.00 bits per heavy atom. The van der Waals surface area contributed by atoms with Crippen molar-refractivity contribution in [2.75, 3.05) is 6.54 Å². The van der Waals surface area contributed by atoms with Gasteiger partial charge in [0.1, 0.15) is 0 Å². The molecule has 0 unspecified atom stereocenters. The van der Waals surface area contributed by atoms with Gasteiger partial charge in [-0.15, -0.1) is 0 Å². The maximum Gasteiger partial charge on any atom is 0.159 e. The molecule has 0 saturated carbocycles. The number of aromatic nitrogens is 2. The molecule has 3 nitrogen and oxygen atoms in total. The van der Waals surface area contributed by atoms with Crippen LogP contribution in [0.1, 0.15) is 5.56 Å². The lowest BCUT2D eigenvalue weighted by Crippen LogP contribution is -2.02. The number of benzene rings is 1. The van der Waals surface area contributed by atoms with Gasteiger partial charge in [0.2, 0.25) is 0 Å². The Morgan fingerprint density at radius 2 is 1.67 bits per heavy atom. The predicted molar refractivity (Wildman–Crippen MR) is 60.2 cm³/mol. The standard InChI is InChI=1S/C12H13N3/c13-7-6-10-2-4-11(5-3-10)12-14-8-1-9-15-12/h1-5,8-9H,6-7,13H2. The Balaban J connectivity index is 2.24. The minimum absolute atomic E-state index is 0.682. The van der Waals surface area contributed by atoms with Crippen molar-refractivity contribution in [1.29, 1.82) is 0 Å². The first-order valence-electron chi connectivity index (χ1n) is 4.96. The van der Waals surface area contributed by atoms with Gasteiger partial charge in [-0.05, 0) is 24.6 Å². The zero-order valence-corrected chi connectivity index (χ0v) is 8.43. The van der Waals surface area contributed by atoms with Gasteiger partial charge in [0, 0.05) is 18.0 Å². The molecule has 0 atom stereocenters. The molecular weight excluding hydrogens is 186 g/mol. The zero-order valence-electron chi connectivity index (χ0n) is 8.43. The second kappa shape index (κ2) is 4.66. The highest BCUT2D eigenvalue weighted by atomic mass is 14.8. The van der Waals surface area contributed by atoms with E-state index < -0.39 is 0 Å². The second-order valence-corrected chi connectivity index (χ2v) is 3.31. The van der Waals surface area contributed by atoms with Gasteiger partial charge in [-0.1, -0.05) is 24.3 Å². The number of rotatable bonds is 3. The fraction of sp³-hybridized carbons (Fsp3) is 0.167. The minimum Gasteiger partial charge on any atom is -0.330 e. The smallest absolute Gasteiger partial charge is 0.159 e. The Morgan fingerprint density at radius 3 is 2.27 bits per heavy atom. The number of nitrogens with zero attached hydrogens (tertiary/aromatic N) is 2. The van der Waals surface area contributed by atoms with Gasteiger partial charge in [0.05, 0.1) is 0 Å². The molecule has 1 aromatic carbocycles. The molecule has 0 aliphatic rings. The second-order valence-electron chi connectivity index (χ2n) is 3.31. The molecule has 0 fully saturated rings. The van der Waals surface area contributed by atoms with Crippen LogP contribution < -0.4 is 5.73 Å². The first-order valence-corrected chi connectivity index (χ1v) is 4.96. The summed E-state index contributed by atoms with van der Waals surface area (Å²) in [4.78, 5) is 8.38. The maximum absolute atomic E-state index is 5.49. The van der Waals surface area contributed by atoms with Crippen LogP contribution in [0.3, 0.4) is 0 Å². The summed E-state index contributed by atoms with van der Waals surface area (Å²) in [7, 11) is 0. The largest absolute Gasteiger partial charge is 0.330 e. The van der Waals surface area contributed by atoms with E-state index in [9.17, 15) is 0 Å². The Bertz CT molecular complexity index is 409. The van der Waals surface area contributed by atoms with Crippen molar-refractivity contribution in [3.05, 3.63) is 48.3 Å². The molecule has 2 N–H and O–H groups in total. The first-order chi connectivity index (χ1) is 7.40. The molecule has 1 aromatic heterocycles. The molecule has 0 saturated heterocycles. The summed E-state index contributed by atoms with van der Waals surface area (Å²) in [5.74, 6) is 0.761. The van der Waals surface area contributed by atoms with Crippen molar-refractivity contribution in [3.8, 4) is 11.4 Å². The van der Waals surface area contributed by atoms with E-state index in [2.05, 4.69) is 22.1 Å². The van der Waals surface area contributed by atoms with Gasteiger partial charge >= 0.3 is 0 Å². The normalized spacial score (nSPS) is 10.2. The number of nitrogens with two attached hydrogens (primary N) is 1. The van der Waals surface area contributed by atoms with Gasteiger partial charge in [0.25, 0.3) is 0 Å². The first kappa shape index (κ1) is 9.80. The Labute approximate surface area is 89.0 Å². The van der Waals surface area contributed by atoms with Crippen LogP contribution in [-0.2, 0) is 6.42 Å². The van der Waals surface area contributed by atoms with Crippen molar-refractivity contribution in [1.82, 2.24) is 9.97 Å². The molecule has 0 radical (unpaired) electrons. The Kier molecular flexibility index (Phi) is 3.05. The van der Waals surface area contributed by atoms with E-state index in [-0.39, 0.29) is 0 Å². The number of hydrogen-bond acceptors (Lipinski definition) is 3. The molecule has 2 aromatic rings. The molecule has 2 rings (SSSR count). The van der Waals surface area contributed by atoms with E-state index in [1.54, 1.807) is 12.4 Å². The van der Waals surface area contributed by atoms with Crippen LogP contribution in [0, 0.1) is 0 Å². The van der Waals surface area contributed by atoms with Gasteiger partial charge < -0.3 is 5.73 Å². The lowest BCUT2D eigenvalue weighted by atomic mass is 10.1. The van der Waals surface area contributed by atoms with E-state index >= 15 is 0 Å². The fourth-order valence-electron chi connectivity index (χ4n) is 1.44. The van der Waals surface area contributed by atoms with Gasteiger partial charge in [-0.25, -0.2) is 9.97 Å². The van der Waals surface area contributed by atoms with Crippen molar-refractivity contribution in [2.24, 2.45) is 5.73 Å². The SMILES string of the molecule is NCCc1ccc(-c2ncccn2)cc1. The van der Waals surface area contributed by atoms with Crippen LogP contribution in [0.5, 0.6) is 0 Å². The van der Waals surface area contributed by atoms with E-state index in [4.69, 9.17) is 5.73 Å². The third kappa shape index (κ3) is 2.39. The van der Waals surface area contributed by atoms with Crippen molar-refractivity contribution in [2.45, 2.75) is 6.42 Å². The molecule has 0 spiro atoms. The van der Waals surface area contributed by atoms with Gasteiger partial charge in [-0.3, -0.25) is 0 Å². The molecular formula is C12H13N3. The Hall–Kier alpha value is -1.74. The maximum atomic E-state index is 5.49. The average Bonchev–Trinajstić information content (AvgIpc) is 2.32. The van der Waals surface area contributed by atoms with E-state index in [1.165, 1.54) is 5.56 Å². The predicted octanol–water partition coefficient (Wildman–Crippen LogP) is 1.64. The van der Waals surface area contributed by atoms with E-state index in [0.29, 0.717) is 6.54 Å². The molecule has 0 bridgehead atoms.